The van der Waals surface area contributed by atoms with Crippen molar-refractivity contribution in [3.05, 3.63) is 40.6 Å². The third-order valence-electron chi connectivity index (χ3n) is 6.11. The molecule has 10 heteroatoms. The zero-order valence-electron chi connectivity index (χ0n) is 16.4. The van der Waals surface area contributed by atoms with E-state index in [9.17, 15) is 24.4 Å². The molecule has 0 spiro atoms. The van der Waals surface area contributed by atoms with Gasteiger partial charge < -0.3 is 19.9 Å². The van der Waals surface area contributed by atoms with Crippen LogP contribution in [0.1, 0.15) is 20.8 Å². The first-order valence-corrected chi connectivity index (χ1v) is 9.38. The summed E-state index contributed by atoms with van der Waals surface area (Å²) in [6, 6.07) is 5.17. The maximum Gasteiger partial charge on any atom is 0.335 e. The summed E-state index contributed by atoms with van der Waals surface area (Å²) < 4.78 is 10.5. The van der Waals surface area contributed by atoms with Crippen molar-refractivity contribution in [2.45, 2.75) is 26.9 Å². The second kappa shape index (κ2) is 6.64. The van der Waals surface area contributed by atoms with Crippen molar-refractivity contribution in [1.29, 1.82) is 0 Å². The predicted molar refractivity (Wildman–Crippen MR) is 101 cm³/mol. The predicted octanol–water partition coefficient (Wildman–Crippen LogP) is 1.31. The highest BCUT2D eigenvalue weighted by Gasteiger charge is 2.71. The highest BCUT2D eigenvalue weighted by molar-refractivity contribution is 6.25. The minimum absolute atomic E-state index is 0.0625. The zero-order chi connectivity index (χ0) is 22.0. The molecular formula is C20H19N2O8-. The third-order valence-corrected chi connectivity index (χ3v) is 6.11. The molecule has 0 radical (unpaired) electrons. The lowest BCUT2D eigenvalue weighted by Crippen LogP contribution is -2.60. The largest absolute Gasteiger partial charge is 0.733 e. The fourth-order valence-electron chi connectivity index (χ4n) is 4.77. The number of anilines is 2. The van der Waals surface area contributed by atoms with Crippen LogP contribution in [0.5, 0.6) is 0 Å². The summed E-state index contributed by atoms with van der Waals surface area (Å²) in [5.41, 5.74) is -1.10. The number of esters is 2. The first-order valence-electron chi connectivity index (χ1n) is 9.38. The summed E-state index contributed by atoms with van der Waals surface area (Å²) in [6.45, 7) is 4.74. The van der Waals surface area contributed by atoms with Gasteiger partial charge in [0.15, 0.2) is 0 Å². The zero-order valence-corrected chi connectivity index (χ0v) is 16.4. The van der Waals surface area contributed by atoms with Gasteiger partial charge in [-0.15, -0.1) is 0 Å². The molecule has 4 aliphatic rings. The fraction of sp³-hybridized carbons (Fsp3) is 0.400. The van der Waals surface area contributed by atoms with Crippen LogP contribution in [0.3, 0.4) is 0 Å². The highest BCUT2D eigenvalue weighted by atomic mass is 16.8. The average molecular weight is 415 g/mol. The van der Waals surface area contributed by atoms with Gasteiger partial charge in [-0.3, -0.25) is 19.6 Å². The number of ether oxygens (including phenoxy) is 2. The quantitative estimate of drug-likeness (QED) is 0.438. The number of carbonyl (C=O) groups is 4. The van der Waals surface area contributed by atoms with E-state index in [4.69, 9.17) is 14.7 Å². The Morgan fingerprint density at radius 1 is 1.27 bits per heavy atom. The van der Waals surface area contributed by atoms with Crippen LogP contribution in [0.4, 0.5) is 11.4 Å². The standard InChI is InChI=1S/C20H19N2O8/c1-4-29-18(25)13-9(2)15-12-14(20(13,3)19(26)30-15)17(24)21(16(12)23)10-5-7-11(8-6-10)22(27)28/h5-8,12,14-15,27H,4H2,1-3H3/q-1. The van der Waals surface area contributed by atoms with Crippen molar-refractivity contribution in [2.24, 2.45) is 17.3 Å². The van der Waals surface area contributed by atoms with Gasteiger partial charge in [0.25, 0.3) is 0 Å². The molecular weight excluding hydrogens is 396 g/mol. The number of rotatable bonds is 4. The number of benzene rings is 1. The molecule has 5 rings (SSSR count). The summed E-state index contributed by atoms with van der Waals surface area (Å²) >= 11 is 0. The van der Waals surface area contributed by atoms with Crippen LogP contribution in [0.15, 0.2) is 35.4 Å². The minimum Gasteiger partial charge on any atom is -0.733 e. The summed E-state index contributed by atoms with van der Waals surface area (Å²) in [7, 11) is 0. The van der Waals surface area contributed by atoms with Gasteiger partial charge in [0.1, 0.15) is 11.5 Å². The highest BCUT2D eigenvalue weighted by Crippen LogP contribution is 2.58. The van der Waals surface area contributed by atoms with Crippen LogP contribution in [0.2, 0.25) is 0 Å². The molecule has 2 bridgehead atoms. The lowest BCUT2D eigenvalue weighted by atomic mass is 9.57. The van der Waals surface area contributed by atoms with E-state index in [2.05, 4.69) is 0 Å². The molecule has 158 valence electrons. The maximum atomic E-state index is 13.3. The topological polar surface area (TPSA) is 137 Å². The molecule has 3 heterocycles. The Bertz CT molecular complexity index is 999. The van der Waals surface area contributed by atoms with Gasteiger partial charge >= 0.3 is 11.9 Å². The summed E-state index contributed by atoms with van der Waals surface area (Å²) in [5.74, 6) is -4.74. The number of amides is 2. The molecule has 3 aliphatic heterocycles. The van der Waals surface area contributed by atoms with Crippen LogP contribution in [-0.4, -0.2) is 41.7 Å². The molecule has 1 aromatic rings. The van der Waals surface area contributed by atoms with E-state index in [1.54, 1.807) is 13.8 Å². The Balaban J connectivity index is 1.80. The van der Waals surface area contributed by atoms with Gasteiger partial charge in [0, 0.05) is 0 Å². The molecule has 2 amide bonds. The van der Waals surface area contributed by atoms with Crippen LogP contribution in [0.25, 0.3) is 0 Å². The molecule has 0 aromatic heterocycles. The van der Waals surface area contributed by atoms with Gasteiger partial charge in [-0.1, -0.05) is 0 Å². The van der Waals surface area contributed by atoms with Crippen molar-refractivity contribution in [3.63, 3.8) is 0 Å². The Hall–Kier alpha value is -3.24. The number of hydrogen-bond acceptors (Lipinski definition) is 9. The number of carbonyl (C=O) groups excluding carboxylic acids is 4. The lowest BCUT2D eigenvalue weighted by Gasteiger charge is -2.48. The second-order valence-corrected chi connectivity index (χ2v) is 7.61. The molecule has 1 N–H and O–H groups in total. The monoisotopic (exact) mass is 415 g/mol. The van der Waals surface area contributed by atoms with Crippen LogP contribution >= 0.6 is 0 Å². The van der Waals surface area contributed by atoms with Gasteiger partial charge in [-0.2, -0.15) is 0 Å². The molecule has 4 unspecified atom stereocenters. The van der Waals surface area contributed by atoms with Crippen molar-refractivity contribution in [2.75, 3.05) is 16.7 Å². The Morgan fingerprint density at radius 2 is 1.90 bits per heavy atom. The fourth-order valence-corrected chi connectivity index (χ4v) is 4.77. The SMILES string of the molecule is CCOC(=O)C1=C(C)C2OC(=O)C1(C)C1C(=O)N(c3ccc(N([O-])O)cc3)C(=O)C21. The molecule has 0 saturated carbocycles. The summed E-state index contributed by atoms with van der Waals surface area (Å²) in [5, 5.41) is 19.6. The molecule has 1 aromatic carbocycles. The number of hydrogen-bond donors (Lipinski definition) is 1. The van der Waals surface area contributed by atoms with E-state index in [1.165, 1.54) is 31.2 Å². The third kappa shape index (κ3) is 2.44. The summed E-state index contributed by atoms with van der Waals surface area (Å²) in [4.78, 5) is 52.9. The molecule has 10 nitrogen and oxygen atoms in total. The molecule has 4 atom stereocenters. The Kier molecular flexibility index (Phi) is 4.44. The van der Waals surface area contributed by atoms with E-state index >= 15 is 0 Å². The van der Waals surface area contributed by atoms with Gasteiger partial charge in [-0.05, 0) is 50.6 Å². The first kappa shape index (κ1) is 20.0. The lowest BCUT2D eigenvalue weighted by molar-refractivity contribution is -0.184. The molecule has 30 heavy (non-hydrogen) atoms. The van der Waals surface area contributed by atoms with Gasteiger partial charge in [0.2, 0.25) is 11.8 Å². The minimum atomic E-state index is -1.66. The Morgan fingerprint density at radius 3 is 2.47 bits per heavy atom. The summed E-state index contributed by atoms with van der Waals surface area (Å²) in [6.07, 6.45) is -1.04. The normalized spacial score (nSPS) is 29.8. The number of fused-ring (bicyclic) bond motifs is 1. The van der Waals surface area contributed by atoms with Crippen molar-refractivity contribution < 1.29 is 33.9 Å². The van der Waals surface area contributed by atoms with E-state index in [0.717, 1.165) is 4.90 Å². The smallest absolute Gasteiger partial charge is 0.335 e. The first-order chi connectivity index (χ1) is 14.1. The molecule has 1 aliphatic carbocycles. The van der Waals surface area contributed by atoms with E-state index in [0.29, 0.717) is 5.57 Å². The average Bonchev–Trinajstić information content (AvgIpc) is 2.96. The second-order valence-electron chi connectivity index (χ2n) is 7.61. The molecule has 2 saturated heterocycles. The number of nitrogens with zero attached hydrogens (tertiary/aromatic N) is 2. The van der Waals surface area contributed by atoms with Gasteiger partial charge in [0.05, 0.1) is 35.4 Å². The van der Waals surface area contributed by atoms with E-state index < -0.39 is 47.1 Å². The Labute approximate surface area is 171 Å². The molecule has 2 fully saturated rings. The van der Waals surface area contributed by atoms with E-state index in [-0.39, 0.29) is 28.8 Å². The maximum absolute atomic E-state index is 13.3. The van der Waals surface area contributed by atoms with Crippen molar-refractivity contribution >= 4 is 35.1 Å². The van der Waals surface area contributed by atoms with Gasteiger partial charge in [-0.25, -0.2) is 9.69 Å². The van der Waals surface area contributed by atoms with Crippen LogP contribution in [0, 0.1) is 22.5 Å². The number of imide groups is 1. The van der Waals surface area contributed by atoms with Crippen molar-refractivity contribution in [1.82, 2.24) is 0 Å². The van der Waals surface area contributed by atoms with Crippen LogP contribution in [-0.2, 0) is 28.7 Å². The van der Waals surface area contributed by atoms with E-state index in [1.807, 2.05) is 0 Å². The van der Waals surface area contributed by atoms with Crippen molar-refractivity contribution in [3.8, 4) is 0 Å². The van der Waals surface area contributed by atoms with Crippen LogP contribution < -0.4 is 10.1 Å².